The fourth-order valence-corrected chi connectivity index (χ4v) is 2.24. The third-order valence-corrected chi connectivity index (χ3v) is 3.76. The van der Waals surface area contributed by atoms with E-state index in [0.29, 0.717) is 0 Å². The summed E-state index contributed by atoms with van der Waals surface area (Å²) in [5.74, 6) is 0.963. The lowest BCUT2D eigenvalue weighted by molar-refractivity contribution is 0.0972. The highest BCUT2D eigenvalue weighted by molar-refractivity contribution is 4.80. The SMILES string of the molecule is CC1CN(CCC2CNC2)CCN1C. The van der Waals surface area contributed by atoms with E-state index in [0.717, 1.165) is 12.0 Å². The van der Waals surface area contributed by atoms with Gasteiger partial charge >= 0.3 is 0 Å². The van der Waals surface area contributed by atoms with Crippen LogP contribution >= 0.6 is 0 Å². The van der Waals surface area contributed by atoms with Crippen LogP contribution < -0.4 is 5.32 Å². The number of hydrogen-bond acceptors (Lipinski definition) is 3. The van der Waals surface area contributed by atoms with E-state index in [1.165, 1.54) is 45.7 Å². The summed E-state index contributed by atoms with van der Waals surface area (Å²) in [6.45, 7) is 9.91. The van der Waals surface area contributed by atoms with E-state index < -0.39 is 0 Å². The molecule has 0 aromatic carbocycles. The van der Waals surface area contributed by atoms with E-state index in [4.69, 9.17) is 0 Å². The molecule has 0 aromatic heterocycles. The Morgan fingerprint density at radius 2 is 2.07 bits per heavy atom. The topological polar surface area (TPSA) is 18.5 Å². The highest BCUT2D eigenvalue weighted by Gasteiger charge is 2.22. The minimum Gasteiger partial charge on any atom is -0.316 e. The predicted molar refractivity (Wildman–Crippen MR) is 59.5 cm³/mol. The zero-order chi connectivity index (χ0) is 9.97. The molecule has 1 N–H and O–H groups in total. The van der Waals surface area contributed by atoms with E-state index in [1.54, 1.807) is 0 Å². The van der Waals surface area contributed by atoms with E-state index in [-0.39, 0.29) is 0 Å². The molecule has 1 atom stereocenters. The molecular weight excluding hydrogens is 174 g/mol. The van der Waals surface area contributed by atoms with Gasteiger partial charge in [-0.05, 0) is 45.9 Å². The predicted octanol–water partition coefficient (Wildman–Crippen LogP) is 0.232. The fraction of sp³-hybridized carbons (Fsp3) is 1.00. The van der Waals surface area contributed by atoms with Crippen LogP contribution in [0.5, 0.6) is 0 Å². The Morgan fingerprint density at radius 3 is 2.64 bits per heavy atom. The van der Waals surface area contributed by atoms with Crippen LogP contribution in [-0.4, -0.2) is 62.2 Å². The van der Waals surface area contributed by atoms with Crippen LogP contribution in [0, 0.1) is 5.92 Å². The van der Waals surface area contributed by atoms with Crippen molar-refractivity contribution in [2.75, 3.05) is 46.3 Å². The van der Waals surface area contributed by atoms with Gasteiger partial charge in [-0.15, -0.1) is 0 Å². The fourth-order valence-electron chi connectivity index (χ4n) is 2.24. The Bertz CT molecular complexity index is 179. The summed E-state index contributed by atoms with van der Waals surface area (Å²) < 4.78 is 0. The first-order chi connectivity index (χ1) is 6.75. The van der Waals surface area contributed by atoms with Crippen LogP contribution in [0.3, 0.4) is 0 Å². The first-order valence-corrected chi connectivity index (χ1v) is 5.89. The number of nitrogens with zero attached hydrogens (tertiary/aromatic N) is 2. The van der Waals surface area contributed by atoms with Crippen molar-refractivity contribution in [1.29, 1.82) is 0 Å². The molecule has 3 heteroatoms. The monoisotopic (exact) mass is 197 g/mol. The Morgan fingerprint density at radius 1 is 1.29 bits per heavy atom. The van der Waals surface area contributed by atoms with Crippen molar-refractivity contribution >= 4 is 0 Å². The van der Waals surface area contributed by atoms with Crippen LogP contribution in [0.2, 0.25) is 0 Å². The van der Waals surface area contributed by atoms with Gasteiger partial charge in [0, 0.05) is 25.7 Å². The van der Waals surface area contributed by atoms with Crippen molar-refractivity contribution in [3.63, 3.8) is 0 Å². The summed E-state index contributed by atoms with van der Waals surface area (Å²) in [6, 6.07) is 0.739. The third kappa shape index (κ3) is 2.47. The second-order valence-electron chi connectivity index (χ2n) is 4.94. The quantitative estimate of drug-likeness (QED) is 0.699. The third-order valence-electron chi connectivity index (χ3n) is 3.76. The van der Waals surface area contributed by atoms with Crippen LogP contribution in [0.15, 0.2) is 0 Å². The summed E-state index contributed by atoms with van der Waals surface area (Å²) >= 11 is 0. The molecule has 0 radical (unpaired) electrons. The highest BCUT2D eigenvalue weighted by Crippen LogP contribution is 2.12. The smallest absolute Gasteiger partial charge is 0.0192 e. The van der Waals surface area contributed by atoms with Crippen LogP contribution in [-0.2, 0) is 0 Å². The largest absolute Gasteiger partial charge is 0.316 e. The van der Waals surface area contributed by atoms with E-state index in [2.05, 4.69) is 29.1 Å². The molecule has 3 nitrogen and oxygen atoms in total. The average Bonchev–Trinajstić information content (AvgIpc) is 2.08. The summed E-state index contributed by atoms with van der Waals surface area (Å²) in [4.78, 5) is 5.09. The molecule has 2 heterocycles. The zero-order valence-electron chi connectivity index (χ0n) is 9.50. The molecule has 2 aliphatic heterocycles. The van der Waals surface area contributed by atoms with Gasteiger partial charge in [0.25, 0.3) is 0 Å². The zero-order valence-corrected chi connectivity index (χ0v) is 9.50. The maximum atomic E-state index is 3.34. The Hall–Kier alpha value is -0.120. The van der Waals surface area contributed by atoms with Crippen molar-refractivity contribution in [3.05, 3.63) is 0 Å². The van der Waals surface area contributed by atoms with Gasteiger partial charge in [-0.3, -0.25) is 0 Å². The number of piperazine rings is 1. The molecule has 0 spiro atoms. The van der Waals surface area contributed by atoms with Crippen LogP contribution in [0.1, 0.15) is 13.3 Å². The maximum Gasteiger partial charge on any atom is 0.0192 e. The number of rotatable bonds is 3. The summed E-state index contributed by atoms with van der Waals surface area (Å²) in [5.41, 5.74) is 0. The molecule has 14 heavy (non-hydrogen) atoms. The average molecular weight is 197 g/mol. The minimum atomic E-state index is 0.739. The normalized spacial score (nSPS) is 31.7. The van der Waals surface area contributed by atoms with Crippen molar-refractivity contribution in [1.82, 2.24) is 15.1 Å². The molecule has 0 aliphatic carbocycles. The number of likely N-dealkylation sites (N-methyl/N-ethyl adjacent to an activating group) is 1. The van der Waals surface area contributed by atoms with Gasteiger partial charge in [0.05, 0.1) is 0 Å². The Labute approximate surface area is 87.4 Å². The molecule has 2 aliphatic rings. The van der Waals surface area contributed by atoms with Gasteiger partial charge in [0.2, 0.25) is 0 Å². The first kappa shape index (κ1) is 10.4. The van der Waals surface area contributed by atoms with Crippen LogP contribution in [0.4, 0.5) is 0 Å². The number of hydrogen-bond donors (Lipinski definition) is 1. The van der Waals surface area contributed by atoms with Gasteiger partial charge in [0.1, 0.15) is 0 Å². The molecule has 1 unspecified atom stereocenters. The summed E-state index contributed by atoms with van der Waals surface area (Å²) in [6.07, 6.45) is 1.39. The molecule has 2 fully saturated rings. The lowest BCUT2D eigenvalue weighted by Crippen LogP contribution is -2.51. The van der Waals surface area contributed by atoms with Gasteiger partial charge < -0.3 is 15.1 Å². The summed E-state index contributed by atoms with van der Waals surface area (Å²) in [7, 11) is 2.23. The second-order valence-corrected chi connectivity index (χ2v) is 4.94. The first-order valence-electron chi connectivity index (χ1n) is 5.89. The summed E-state index contributed by atoms with van der Waals surface area (Å²) in [5, 5.41) is 3.34. The molecule has 0 aromatic rings. The Balaban J connectivity index is 1.65. The van der Waals surface area contributed by atoms with Gasteiger partial charge in [-0.25, -0.2) is 0 Å². The van der Waals surface area contributed by atoms with Gasteiger partial charge in [-0.2, -0.15) is 0 Å². The maximum absolute atomic E-state index is 3.34. The van der Waals surface area contributed by atoms with E-state index in [1.807, 2.05) is 0 Å². The van der Waals surface area contributed by atoms with Crippen LogP contribution in [0.25, 0.3) is 0 Å². The number of nitrogens with one attached hydrogen (secondary N) is 1. The van der Waals surface area contributed by atoms with E-state index >= 15 is 0 Å². The minimum absolute atomic E-state index is 0.739. The van der Waals surface area contributed by atoms with Crippen molar-refractivity contribution < 1.29 is 0 Å². The lowest BCUT2D eigenvalue weighted by Gasteiger charge is -2.39. The highest BCUT2D eigenvalue weighted by atomic mass is 15.3. The standard InChI is InChI=1S/C11H23N3/c1-10-9-14(6-5-13(10)2)4-3-11-7-12-8-11/h10-12H,3-9H2,1-2H3. The molecule has 82 valence electrons. The molecule has 2 rings (SSSR count). The molecule has 0 saturated carbocycles. The van der Waals surface area contributed by atoms with Crippen molar-refractivity contribution in [3.8, 4) is 0 Å². The second kappa shape index (κ2) is 4.60. The molecular formula is C11H23N3. The van der Waals surface area contributed by atoms with E-state index in [9.17, 15) is 0 Å². The Kier molecular flexibility index (Phi) is 3.42. The molecule has 2 saturated heterocycles. The van der Waals surface area contributed by atoms with Gasteiger partial charge in [0.15, 0.2) is 0 Å². The molecule has 0 amide bonds. The van der Waals surface area contributed by atoms with Crippen molar-refractivity contribution in [2.24, 2.45) is 5.92 Å². The molecule has 0 bridgehead atoms. The lowest BCUT2D eigenvalue weighted by atomic mass is 9.99. The van der Waals surface area contributed by atoms with Gasteiger partial charge in [-0.1, -0.05) is 0 Å². The van der Waals surface area contributed by atoms with Crippen molar-refractivity contribution in [2.45, 2.75) is 19.4 Å².